The molecule has 2 unspecified atom stereocenters. The highest BCUT2D eigenvalue weighted by Crippen LogP contribution is 2.43. The number of hydrogen-bond acceptors (Lipinski definition) is 6. The summed E-state index contributed by atoms with van der Waals surface area (Å²) < 4.78 is 34.9. The molecule has 2 atom stereocenters. The predicted molar refractivity (Wildman–Crippen MR) is 210 cm³/mol. The summed E-state index contributed by atoms with van der Waals surface area (Å²) in [4.78, 5) is 22.8. The van der Waals surface area contributed by atoms with Gasteiger partial charge in [0.15, 0.2) is 0 Å². The maximum atomic E-state index is 12.7. The second-order valence-electron chi connectivity index (χ2n) is 15.4. The largest absolute Gasteiger partial charge is 0.472 e. The second kappa shape index (κ2) is 35.3. The number of nitrogens with zero attached hydrogens (tertiary/aromatic N) is 1. The molecule has 0 spiro atoms. The normalized spacial score (nSPS) is 14.0. The summed E-state index contributed by atoms with van der Waals surface area (Å²) >= 11 is 0. The van der Waals surface area contributed by atoms with Crippen molar-refractivity contribution in [3.8, 4) is 0 Å². The van der Waals surface area contributed by atoms with Gasteiger partial charge in [-0.3, -0.25) is 13.8 Å². The lowest BCUT2D eigenvalue weighted by Crippen LogP contribution is -2.37. The maximum absolute atomic E-state index is 12.7. The number of allylic oxidation sites excluding steroid dienone is 2. The van der Waals surface area contributed by atoms with Crippen LogP contribution in [0.5, 0.6) is 0 Å². The van der Waals surface area contributed by atoms with Gasteiger partial charge in [0, 0.05) is 13.0 Å². The van der Waals surface area contributed by atoms with E-state index in [0.717, 1.165) is 32.1 Å². The molecule has 0 bridgehead atoms. The van der Waals surface area contributed by atoms with E-state index in [1.54, 1.807) is 0 Å². The molecule has 0 radical (unpaired) electrons. The summed E-state index contributed by atoms with van der Waals surface area (Å²) in [6, 6.07) is 0. The highest BCUT2D eigenvalue weighted by Gasteiger charge is 2.26. The van der Waals surface area contributed by atoms with Crippen molar-refractivity contribution >= 4 is 13.8 Å². The monoisotopic (exact) mass is 733 g/mol. The Morgan fingerprint density at radius 1 is 0.600 bits per heavy atom. The molecular formula is C41H83NO7P+. The quantitative estimate of drug-likeness (QED) is 0.0221. The van der Waals surface area contributed by atoms with Gasteiger partial charge >= 0.3 is 13.8 Å². The van der Waals surface area contributed by atoms with Gasteiger partial charge in [-0.05, 0) is 32.1 Å². The van der Waals surface area contributed by atoms with Crippen LogP contribution in [0.2, 0.25) is 0 Å². The summed E-state index contributed by atoms with van der Waals surface area (Å²) in [7, 11) is 1.67. The molecule has 0 aliphatic heterocycles. The van der Waals surface area contributed by atoms with Gasteiger partial charge in [-0.2, -0.15) is 0 Å². The van der Waals surface area contributed by atoms with E-state index in [1.165, 1.54) is 135 Å². The first-order chi connectivity index (χ1) is 24.1. The van der Waals surface area contributed by atoms with Crippen molar-refractivity contribution in [1.29, 1.82) is 0 Å². The molecule has 0 saturated carbocycles. The maximum Gasteiger partial charge on any atom is 0.472 e. The van der Waals surface area contributed by atoms with Gasteiger partial charge in [-0.25, -0.2) is 4.57 Å². The van der Waals surface area contributed by atoms with Gasteiger partial charge in [0.25, 0.3) is 0 Å². The fourth-order valence-corrected chi connectivity index (χ4v) is 6.53. The Morgan fingerprint density at radius 3 is 1.60 bits per heavy atom. The second-order valence-corrected chi connectivity index (χ2v) is 16.8. The van der Waals surface area contributed by atoms with E-state index in [2.05, 4.69) is 26.0 Å². The third kappa shape index (κ3) is 38.5. The minimum atomic E-state index is -4.26. The number of hydrogen-bond donors (Lipinski definition) is 1. The molecule has 8 nitrogen and oxygen atoms in total. The highest BCUT2D eigenvalue weighted by molar-refractivity contribution is 7.47. The number of rotatable bonds is 39. The lowest BCUT2D eigenvalue weighted by atomic mass is 10.0. The van der Waals surface area contributed by atoms with Crippen LogP contribution < -0.4 is 0 Å². The van der Waals surface area contributed by atoms with Crippen LogP contribution >= 0.6 is 7.82 Å². The number of likely N-dealkylation sites (N-methyl/N-ethyl adjacent to an activating group) is 1. The fraction of sp³-hybridized carbons (Fsp3) is 0.927. The van der Waals surface area contributed by atoms with Crippen molar-refractivity contribution in [3.05, 3.63) is 12.2 Å². The molecule has 0 rings (SSSR count). The SMILES string of the molecule is CCC/C=C\CCCCCCCCOCC(COP(=O)(O)OCC[N+](C)(C)C)OC(=O)CCCCCCCCCCCCCCCCCCC. The molecule has 1 N–H and O–H groups in total. The van der Waals surface area contributed by atoms with E-state index in [1.807, 2.05) is 21.1 Å². The average molecular weight is 733 g/mol. The number of quaternary nitrogens is 1. The molecule has 298 valence electrons. The third-order valence-corrected chi connectivity index (χ3v) is 10.0. The molecular weight excluding hydrogens is 649 g/mol. The van der Waals surface area contributed by atoms with Crippen LogP contribution in [0.15, 0.2) is 12.2 Å². The zero-order valence-corrected chi connectivity index (χ0v) is 34.5. The van der Waals surface area contributed by atoms with Gasteiger partial charge < -0.3 is 18.9 Å². The van der Waals surface area contributed by atoms with E-state index in [-0.39, 0.29) is 25.8 Å². The number of unbranched alkanes of at least 4 members (excludes halogenated alkanes) is 23. The van der Waals surface area contributed by atoms with Crippen molar-refractivity contribution < 1.29 is 37.3 Å². The van der Waals surface area contributed by atoms with Gasteiger partial charge in [0.05, 0.1) is 34.4 Å². The van der Waals surface area contributed by atoms with Gasteiger partial charge in [0.1, 0.15) is 19.3 Å². The molecule has 0 aromatic rings. The average Bonchev–Trinajstić information content (AvgIpc) is 3.06. The van der Waals surface area contributed by atoms with Crippen LogP contribution in [-0.4, -0.2) is 75.6 Å². The first-order valence-electron chi connectivity index (χ1n) is 20.9. The number of phosphoric ester groups is 1. The summed E-state index contributed by atoms with van der Waals surface area (Å²) in [5, 5.41) is 0. The highest BCUT2D eigenvalue weighted by atomic mass is 31.2. The van der Waals surface area contributed by atoms with Crippen LogP contribution in [0.3, 0.4) is 0 Å². The van der Waals surface area contributed by atoms with Gasteiger partial charge in [-0.15, -0.1) is 0 Å². The summed E-state index contributed by atoms with van der Waals surface area (Å²) in [5.41, 5.74) is 0. The summed E-state index contributed by atoms with van der Waals surface area (Å²) in [5.74, 6) is -0.313. The third-order valence-electron chi connectivity index (χ3n) is 9.06. The summed E-state index contributed by atoms with van der Waals surface area (Å²) in [6.45, 7) is 5.58. The summed E-state index contributed by atoms with van der Waals surface area (Å²) in [6.07, 6.45) is 36.7. The smallest absolute Gasteiger partial charge is 0.457 e. The van der Waals surface area contributed by atoms with Crippen molar-refractivity contribution in [2.75, 3.05) is 54.1 Å². The molecule has 0 saturated heterocycles. The lowest BCUT2D eigenvalue weighted by molar-refractivity contribution is -0.870. The minimum Gasteiger partial charge on any atom is -0.457 e. The predicted octanol–water partition coefficient (Wildman–Crippen LogP) is 11.9. The zero-order chi connectivity index (χ0) is 37.0. The van der Waals surface area contributed by atoms with Crippen LogP contribution in [0.4, 0.5) is 0 Å². The molecule has 0 aliphatic carbocycles. The number of phosphoric acid groups is 1. The van der Waals surface area contributed by atoms with Crippen molar-refractivity contribution in [2.24, 2.45) is 0 Å². The Bertz CT molecular complexity index is 817. The molecule has 0 aliphatic rings. The fourth-order valence-electron chi connectivity index (χ4n) is 5.79. The lowest BCUT2D eigenvalue weighted by Gasteiger charge is -2.24. The minimum absolute atomic E-state index is 0.0904. The van der Waals surface area contributed by atoms with Crippen LogP contribution in [0.25, 0.3) is 0 Å². The van der Waals surface area contributed by atoms with Gasteiger partial charge in [0.2, 0.25) is 0 Å². The van der Waals surface area contributed by atoms with Gasteiger partial charge in [-0.1, -0.05) is 161 Å². The Morgan fingerprint density at radius 2 is 1.08 bits per heavy atom. The zero-order valence-electron chi connectivity index (χ0n) is 33.7. The van der Waals surface area contributed by atoms with Crippen LogP contribution in [0.1, 0.15) is 187 Å². The first kappa shape index (κ1) is 49.2. The number of carbonyl (C=O) groups is 1. The van der Waals surface area contributed by atoms with E-state index in [0.29, 0.717) is 24.1 Å². The molecule has 50 heavy (non-hydrogen) atoms. The van der Waals surface area contributed by atoms with E-state index >= 15 is 0 Å². The van der Waals surface area contributed by atoms with Crippen LogP contribution in [0, 0.1) is 0 Å². The molecule has 0 amide bonds. The molecule has 0 aromatic carbocycles. The Kier molecular flexibility index (Phi) is 34.7. The number of carbonyl (C=O) groups excluding carboxylic acids is 1. The van der Waals surface area contributed by atoms with E-state index < -0.39 is 13.9 Å². The van der Waals surface area contributed by atoms with Crippen molar-refractivity contribution in [3.63, 3.8) is 0 Å². The number of esters is 1. The standard InChI is InChI=1S/C41H82NO7P/c1-6-8-10-12-14-16-18-19-20-21-22-23-24-26-28-30-32-34-41(43)49-40(39-48-50(44,45)47-37-35-42(3,4)5)38-46-36-33-31-29-27-25-17-15-13-11-9-7-2/h11,13,40H,6-10,12,14-39H2,1-5H3/p+1/b13-11-. The van der Waals surface area contributed by atoms with Crippen LogP contribution in [-0.2, 0) is 27.9 Å². The molecule has 0 fully saturated rings. The van der Waals surface area contributed by atoms with Crippen molar-refractivity contribution in [2.45, 2.75) is 193 Å². The Labute approximate surface area is 310 Å². The van der Waals surface area contributed by atoms with E-state index in [4.69, 9.17) is 18.5 Å². The van der Waals surface area contributed by atoms with E-state index in [9.17, 15) is 14.3 Å². The Balaban J connectivity index is 4.20. The molecule has 0 heterocycles. The Hall–Kier alpha value is -0.760. The molecule has 9 heteroatoms. The molecule has 0 aromatic heterocycles. The topological polar surface area (TPSA) is 91.3 Å². The first-order valence-corrected chi connectivity index (χ1v) is 22.4. The number of ether oxygens (including phenoxy) is 2. The van der Waals surface area contributed by atoms with Crippen molar-refractivity contribution in [1.82, 2.24) is 0 Å².